The maximum atomic E-state index is 16.8. The average Bonchev–Trinajstić information content (AvgIpc) is 0.717. The molecule has 0 fully saturated rings. The van der Waals surface area contributed by atoms with Crippen LogP contribution in [-0.4, -0.2) is 0 Å². The third-order valence-corrected chi connectivity index (χ3v) is 24.0. The summed E-state index contributed by atoms with van der Waals surface area (Å²) in [7, 11) is 0. The Bertz CT molecular complexity index is 7140. The number of para-hydroxylation sites is 4. The van der Waals surface area contributed by atoms with E-state index in [9.17, 15) is 0 Å². The van der Waals surface area contributed by atoms with E-state index >= 15 is 35.1 Å². The molecule has 0 heterocycles. The molecule has 124 heavy (non-hydrogen) atoms. The second kappa shape index (κ2) is 31.9. The Morgan fingerprint density at radius 3 is 0.653 bits per heavy atom. The van der Waals surface area contributed by atoms with Crippen LogP contribution in [0.2, 0.25) is 0 Å². The van der Waals surface area contributed by atoms with Gasteiger partial charge in [-0.25, -0.2) is 35.1 Å². The zero-order valence-corrected chi connectivity index (χ0v) is 69.1. The monoisotopic (exact) mass is 1630 g/mol. The van der Waals surface area contributed by atoms with Gasteiger partial charge < -0.3 is 19.6 Å². The summed E-state index contributed by atoms with van der Waals surface area (Å²) in [6.45, 7) is 15.7. The molecule has 0 aromatic heterocycles. The first-order valence-electron chi connectivity index (χ1n) is 41.2. The van der Waals surface area contributed by atoms with Crippen LogP contribution < -0.4 is 19.6 Å². The van der Waals surface area contributed by atoms with Gasteiger partial charge in [-0.1, -0.05) is 241 Å². The van der Waals surface area contributed by atoms with Gasteiger partial charge in [-0.2, -0.15) is 0 Å². The number of hydrogen-bond acceptors (Lipinski definition) is 4. The molecule has 20 aromatic rings. The molecule has 0 saturated carbocycles. The highest BCUT2D eigenvalue weighted by Crippen LogP contribution is 2.56. The molecule has 0 aliphatic rings. The van der Waals surface area contributed by atoms with Crippen molar-refractivity contribution < 1.29 is 35.1 Å². The van der Waals surface area contributed by atoms with Crippen LogP contribution in [0.5, 0.6) is 0 Å². The van der Waals surface area contributed by atoms with Gasteiger partial charge in [-0.05, 0) is 240 Å². The van der Waals surface area contributed by atoms with Crippen LogP contribution >= 0.6 is 0 Å². The van der Waals surface area contributed by atoms with Gasteiger partial charge in [0, 0.05) is 90.8 Å². The van der Waals surface area contributed by atoms with Crippen molar-refractivity contribution in [3.8, 4) is 44.5 Å². The van der Waals surface area contributed by atoms with Crippen molar-refractivity contribution in [1.29, 1.82) is 0 Å². The van der Waals surface area contributed by atoms with Crippen LogP contribution in [-0.2, 0) is 0 Å². The first-order valence-corrected chi connectivity index (χ1v) is 41.2. The molecule has 0 unspecified atom stereocenters. The molecule has 0 saturated heterocycles. The highest BCUT2D eigenvalue weighted by molar-refractivity contribution is 6.30. The summed E-state index contributed by atoms with van der Waals surface area (Å²) in [5.41, 5.74) is 18.7. The molecule has 4 nitrogen and oxygen atoms in total. The molecule has 604 valence electrons. The van der Waals surface area contributed by atoms with E-state index in [0.717, 1.165) is 156 Å². The fourth-order valence-electron chi connectivity index (χ4n) is 18.5. The second-order valence-electron chi connectivity index (χ2n) is 32.3. The molecule has 20 aromatic carbocycles. The minimum Gasteiger partial charge on any atom is -0.307 e. The van der Waals surface area contributed by atoms with Gasteiger partial charge in [-0.3, -0.25) is 0 Å². The number of anilines is 12. The minimum atomic E-state index is -0.698. The predicted octanol–water partition coefficient (Wildman–Crippen LogP) is 33.3. The lowest BCUT2D eigenvalue weighted by Crippen LogP contribution is -2.15. The molecule has 0 aliphatic heterocycles. The third kappa shape index (κ3) is 14.0. The summed E-state index contributed by atoms with van der Waals surface area (Å²) in [6, 6.07) is 104. The standard InChI is InChI=1S/2C56H40F4N2/c1-33-15-21-43(35(3)27-33)47-29-39(57)31-49(59)55(47)61(41-11-7-5-8-12-41)51-25-19-37-18-24-46-52(26-20-38-17-23-45(51)53(37)54(38)46)62(42-13-9-6-10-14-42)56-48(30-40(58)32-50(56)60)44-22-16-34(2)28-36(44)4;1-33-15-17-35(3)45(27-33)47-29-39(57)31-49(59)55(47)61(41-11-7-5-8-12-41)51-25-21-37-20-24-44-52(26-22-38-19-23-43(51)53(37)54(38)44)62(42-13-9-6-10-14-42)56-48(30-40(58)32-50(56)60)46-28-34(2)16-18-36(46)4/h2*5-32H,1-4H3. The summed E-state index contributed by atoms with van der Waals surface area (Å²) in [5, 5.41) is 10.9. The number of benzene rings is 20. The van der Waals surface area contributed by atoms with Crippen LogP contribution in [0.1, 0.15) is 44.5 Å². The molecular weight excluding hydrogens is 1550 g/mol. The van der Waals surface area contributed by atoms with E-state index in [0.29, 0.717) is 67.8 Å². The van der Waals surface area contributed by atoms with E-state index < -0.39 is 46.5 Å². The van der Waals surface area contributed by atoms with Crippen LogP contribution in [0.25, 0.3) is 109 Å². The molecule has 0 spiro atoms. The molecule has 0 bridgehead atoms. The first-order chi connectivity index (χ1) is 60.1. The summed E-state index contributed by atoms with van der Waals surface area (Å²) in [4.78, 5) is 7.55. The van der Waals surface area contributed by atoms with Crippen molar-refractivity contribution in [3.63, 3.8) is 0 Å². The second-order valence-corrected chi connectivity index (χ2v) is 32.3. The van der Waals surface area contributed by atoms with E-state index in [1.54, 1.807) is 0 Å². The Balaban J connectivity index is 0.000000163. The SMILES string of the molecule is Cc1ccc(-c2cc(F)cc(F)c2N(c2ccccc2)c2ccc3ccc4c(N(c5ccccc5)c5c(F)cc(F)cc5-c5ccc(C)cc5C)ccc5ccc2c3c54)c(C)c1.Cc1ccc(C)c(-c2cc(F)cc(F)c2N(c2ccccc2)c2ccc3ccc4c(N(c5ccccc5)c5c(F)cc(F)cc5-c5cc(C)ccc5C)ccc5ccc2c3c54)c1. The molecule has 0 aliphatic carbocycles. The minimum absolute atomic E-state index is 0.223. The Morgan fingerprint density at radius 2 is 0.403 bits per heavy atom. The van der Waals surface area contributed by atoms with Crippen molar-refractivity contribution in [3.05, 3.63) is 431 Å². The van der Waals surface area contributed by atoms with Crippen LogP contribution in [0.15, 0.2) is 340 Å². The third-order valence-electron chi connectivity index (χ3n) is 24.0. The average molecular weight is 1630 g/mol. The van der Waals surface area contributed by atoms with Gasteiger partial charge in [0.1, 0.15) is 23.3 Å². The normalized spacial score (nSPS) is 11.5. The Labute approximate surface area is 714 Å². The zero-order chi connectivity index (χ0) is 85.6. The Morgan fingerprint density at radius 1 is 0.177 bits per heavy atom. The van der Waals surface area contributed by atoms with Gasteiger partial charge in [-0.15, -0.1) is 0 Å². The molecular formula is C112H80F8N4. The van der Waals surface area contributed by atoms with Crippen molar-refractivity contribution in [1.82, 2.24) is 0 Å². The van der Waals surface area contributed by atoms with E-state index in [-0.39, 0.29) is 22.7 Å². The van der Waals surface area contributed by atoms with Crippen molar-refractivity contribution in [2.45, 2.75) is 55.4 Å². The fraction of sp³-hybridized carbons (Fsp3) is 0.0714. The number of halogens is 8. The number of nitrogens with zero attached hydrogens (tertiary/aromatic N) is 4. The molecule has 0 amide bonds. The fourth-order valence-corrected chi connectivity index (χ4v) is 18.5. The van der Waals surface area contributed by atoms with Crippen LogP contribution in [0.4, 0.5) is 103 Å². The predicted molar refractivity (Wildman–Crippen MR) is 498 cm³/mol. The highest BCUT2D eigenvalue weighted by Gasteiger charge is 2.33. The molecule has 20 rings (SSSR count). The molecule has 0 atom stereocenters. The van der Waals surface area contributed by atoms with E-state index in [4.69, 9.17) is 0 Å². The van der Waals surface area contributed by atoms with Gasteiger partial charge in [0.05, 0.1) is 45.5 Å². The topological polar surface area (TPSA) is 13.0 Å². The van der Waals surface area contributed by atoms with Gasteiger partial charge in [0.2, 0.25) is 0 Å². The van der Waals surface area contributed by atoms with E-state index in [1.807, 2.05) is 318 Å². The number of aryl methyl sites for hydroxylation is 8. The van der Waals surface area contributed by atoms with Gasteiger partial charge in [0.25, 0.3) is 0 Å². The Hall–Kier alpha value is -14.9. The van der Waals surface area contributed by atoms with Crippen molar-refractivity contribution in [2.75, 3.05) is 19.6 Å². The van der Waals surface area contributed by atoms with Crippen molar-refractivity contribution >= 4 is 133 Å². The number of rotatable bonds is 16. The summed E-state index contributed by atoms with van der Waals surface area (Å²) in [6.07, 6.45) is 0. The van der Waals surface area contributed by atoms with Crippen LogP contribution in [0, 0.1) is 102 Å². The maximum Gasteiger partial charge on any atom is 0.150 e. The van der Waals surface area contributed by atoms with Gasteiger partial charge >= 0.3 is 0 Å². The summed E-state index contributed by atoms with van der Waals surface area (Å²) >= 11 is 0. The smallest absolute Gasteiger partial charge is 0.150 e. The largest absolute Gasteiger partial charge is 0.307 e. The highest BCUT2D eigenvalue weighted by atomic mass is 19.2. The lowest BCUT2D eigenvalue weighted by atomic mass is 9.90. The van der Waals surface area contributed by atoms with E-state index in [1.165, 1.54) is 24.3 Å². The summed E-state index contributed by atoms with van der Waals surface area (Å²) < 4.78 is 129. The first kappa shape index (κ1) is 78.9. The zero-order valence-electron chi connectivity index (χ0n) is 69.1. The lowest BCUT2D eigenvalue weighted by molar-refractivity contribution is 0.584. The summed E-state index contributed by atoms with van der Waals surface area (Å²) in [5.74, 6) is -5.46. The lowest BCUT2D eigenvalue weighted by Gasteiger charge is -2.31. The van der Waals surface area contributed by atoms with Crippen molar-refractivity contribution in [2.24, 2.45) is 0 Å². The van der Waals surface area contributed by atoms with Crippen LogP contribution in [0.3, 0.4) is 0 Å². The quantitative estimate of drug-likeness (QED) is 0.0706. The maximum absolute atomic E-state index is 16.8. The molecule has 12 heteroatoms. The molecule has 0 N–H and O–H groups in total. The van der Waals surface area contributed by atoms with Gasteiger partial charge in [0.15, 0.2) is 23.3 Å². The Kier molecular flexibility index (Phi) is 20.3. The molecule has 0 radical (unpaired) electrons. The number of hydrogen-bond donors (Lipinski definition) is 0. The van der Waals surface area contributed by atoms with E-state index in [2.05, 4.69) is 48.5 Å².